The van der Waals surface area contributed by atoms with E-state index in [-0.39, 0.29) is 11.5 Å². The number of nitrogens with two attached hydrogens (primary N) is 2. The van der Waals surface area contributed by atoms with Crippen molar-refractivity contribution in [2.24, 2.45) is 22.2 Å². The number of amidine groups is 1. The lowest BCUT2D eigenvalue weighted by atomic mass is 9.80. The molecule has 0 amide bonds. The minimum absolute atomic E-state index is 0.143. The third kappa shape index (κ3) is 6.00. The van der Waals surface area contributed by atoms with Gasteiger partial charge in [-0.3, -0.25) is 9.91 Å². The maximum atomic E-state index is 6.59. The van der Waals surface area contributed by atoms with Gasteiger partial charge in [-0.15, -0.1) is 0 Å². The number of likely N-dealkylation sites (tertiary alicyclic amines) is 1. The predicted molar refractivity (Wildman–Crippen MR) is 136 cm³/mol. The van der Waals surface area contributed by atoms with Crippen molar-refractivity contribution in [2.45, 2.75) is 32.2 Å². The van der Waals surface area contributed by atoms with Crippen LogP contribution in [-0.4, -0.2) is 63.3 Å². The highest BCUT2D eigenvalue weighted by molar-refractivity contribution is 5.89. The second-order valence-electron chi connectivity index (χ2n) is 9.18. The summed E-state index contributed by atoms with van der Waals surface area (Å²) >= 11 is 0. The zero-order chi connectivity index (χ0) is 24.6. The highest BCUT2D eigenvalue weighted by Crippen LogP contribution is 2.41. The zero-order valence-corrected chi connectivity index (χ0v) is 20.9. The van der Waals surface area contributed by atoms with Gasteiger partial charge in [0.15, 0.2) is 17.3 Å². The molecule has 1 heterocycles. The molecule has 8 nitrogen and oxygen atoms in total. The first kappa shape index (κ1) is 25.8. The van der Waals surface area contributed by atoms with Crippen LogP contribution in [0.2, 0.25) is 0 Å². The Bertz CT molecular complexity index is 929. The first-order valence-electron chi connectivity index (χ1n) is 11.7. The highest BCUT2D eigenvalue weighted by Gasteiger charge is 2.38. The number of para-hydroxylation sites is 1. The fourth-order valence-corrected chi connectivity index (χ4v) is 4.75. The van der Waals surface area contributed by atoms with Crippen LogP contribution in [0.5, 0.6) is 11.5 Å². The first-order chi connectivity index (χ1) is 16.5. The van der Waals surface area contributed by atoms with Crippen molar-refractivity contribution in [3.8, 4) is 11.5 Å². The largest absolute Gasteiger partial charge is 0.493 e. The summed E-state index contributed by atoms with van der Waals surface area (Å²) in [6.45, 7) is 5.32. The van der Waals surface area contributed by atoms with Gasteiger partial charge in [0.1, 0.15) is 6.04 Å². The SMILES string of the molecule is COCC1(C)CCN(C(/C(=N/N)N(N)CCc2ccccc2)c2cccc(OC)c2OC)CC1. The second kappa shape index (κ2) is 12.1. The molecule has 1 atom stereocenters. The number of ether oxygens (including phenoxy) is 3. The average molecular weight is 470 g/mol. The number of hydrazine groups is 1. The molecule has 1 aliphatic rings. The third-order valence-corrected chi connectivity index (χ3v) is 6.75. The van der Waals surface area contributed by atoms with Crippen LogP contribution in [0.25, 0.3) is 0 Å². The molecule has 0 bridgehead atoms. The summed E-state index contributed by atoms with van der Waals surface area (Å²) in [4.78, 5) is 2.38. The molecule has 1 saturated heterocycles. The van der Waals surface area contributed by atoms with Crippen LogP contribution in [0.4, 0.5) is 0 Å². The summed E-state index contributed by atoms with van der Waals surface area (Å²) in [6.07, 6.45) is 2.77. The maximum Gasteiger partial charge on any atom is 0.165 e. The van der Waals surface area contributed by atoms with Gasteiger partial charge in [-0.1, -0.05) is 49.4 Å². The Kier molecular flexibility index (Phi) is 9.15. The molecule has 2 aromatic rings. The fourth-order valence-electron chi connectivity index (χ4n) is 4.75. The van der Waals surface area contributed by atoms with Crippen LogP contribution in [0.15, 0.2) is 53.6 Å². The van der Waals surface area contributed by atoms with E-state index >= 15 is 0 Å². The Balaban J connectivity index is 1.93. The minimum atomic E-state index is -0.275. The maximum absolute atomic E-state index is 6.59. The smallest absolute Gasteiger partial charge is 0.165 e. The summed E-state index contributed by atoms with van der Waals surface area (Å²) in [6, 6.07) is 15.9. The Morgan fingerprint density at radius 1 is 1.06 bits per heavy atom. The van der Waals surface area contributed by atoms with E-state index in [4.69, 9.17) is 25.9 Å². The van der Waals surface area contributed by atoms with Crippen molar-refractivity contribution in [2.75, 3.05) is 47.6 Å². The quantitative estimate of drug-likeness (QED) is 0.239. The molecule has 0 spiro atoms. The van der Waals surface area contributed by atoms with Gasteiger partial charge in [0.05, 0.1) is 20.8 Å². The van der Waals surface area contributed by atoms with E-state index in [1.54, 1.807) is 26.3 Å². The Hall–Kier alpha value is -2.81. The topological polar surface area (TPSA) is 98.6 Å². The van der Waals surface area contributed by atoms with Crippen LogP contribution in [0, 0.1) is 5.41 Å². The fraction of sp³-hybridized carbons (Fsp3) is 0.500. The van der Waals surface area contributed by atoms with E-state index in [2.05, 4.69) is 29.1 Å². The van der Waals surface area contributed by atoms with E-state index < -0.39 is 0 Å². The van der Waals surface area contributed by atoms with Crippen LogP contribution in [0.3, 0.4) is 0 Å². The number of hydrazone groups is 1. The monoisotopic (exact) mass is 469 g/mol. The van der Waals surface area contributed by atoms with Crippen molar-refractivity contribution in [3.63, 3.8) is 0 Å². The van der Waals surface area contributed by atoms with Crippen molar-refractivity contribution in [1.29, 1.82) is 0 Å². The van der Waals surface area contributed by atoms with Gasteiger partial charge in [-0.2, -0.15) is 5.10 Å². The van der Waals surface area contributed by atoms with Gasteiger partial charge in [-0.05, 0) is 49.4 Å². The van der Waals surface area contributed by atoms with Crippen LogP contribution in [-0.2, 0) is 11.2 Å². The number of methoxy groups -OCH3 is 3. The molecule has 2 aromatic carbocycles. The van der Waals surface area contributed by atoms with Crippen molar-refractivity contribution >= 4 is 5.84 Å². The summed E-state index contributed by atoms with van der Waals surface area (Å²) in [5.74, 6) is 14.5. The lowest BCUT2D eigenvalue weighted by Crippen LogP contribution is -2.51. The standard InChI is InChI=1S/C26H39N5O3/c1-26(19-32-2)14-17-30(18-15-26)23(21-11-8-12-22(33-3)24(21)34-4)25(29-27)31(28)16-13-20-9-6-5-7-10-20/h5-12,23H,13-19,27-28H2,1-4H3/b29-25-. The first-order valence-corrected chi connectivity index (χ1v) is 11.7. The van der Waals surface area contributed by atoms with E-state index in [1.165, 1.54) is 5.56 Å². The molecular weight excluding hydrogens is 430 g/mol. The summed E-state index contributed by atoms with van der Waals surface area (Å²) in [7, 11) is 5.06. The molecule has 0 aromatic heterocycles. The molecule has 3 rings (SSSR count). The molecule has 1 fully saturated rings. The molecule has 0 radical (unpaired) electrons. The summed E-state index contributed by atoms with van der Waals surface area (Å²) < 4.78 is 16.9. The number of nitrogens with zero attached hydrogens (tertiary/aromatic N) is 3. The molecule has 1 unspecified atom stereocenters. The Morgan fingerprint density at radius 2 is 1.76 bits per heavy atom. The van der Waals surface area contributed by atoms with E-state index in [9.17, 15) is 0 Å². The Labute approximate surface area is 203 Å². The molecule has 8 heteroatoms. The average Bonchev–Trinajstić information content (AvgIpc) is 2.86. The van der Waals surface area contributed by atoms with Crippen molar-refractivity contribution in [3.05, 3.63) is 59.7 Å². The predicted octanol–water partition coefficient (Wildman–Crippen LogP) is 3.18. The third-order valence-electron chi connectivity index (χ3n) is 6.75. The van der Waals surface area contributed by atoms with Gasteiger partial charge in [-0.25, -0.2) is 5.84 Å². The van der Waals surface area contributed by atoms with Gasteiger partial charge in [0.2, 0.25) is 0 Å². The van der Waals surface area contributed by atoms with Crippen molar-refractivity contribution in [1.82, 2.24) is 9.91 Å². The van der Waals surface area contributed by atoms with Gasteiger partial charge in [0.25, 0.3) is 0 Å². The second-order valence-corrected chi connectivity index (χ2v) is 9.18. The molecule has 0 saturated carbocycles. The molecule has 4 N–H and O–H groups in total. The number of hydrogen-bond donors (Lipinski definition) is 2. The van der Waals surface area contributed by atoms with Gasteiger partial charge >= 0.3 is 0 Å². The molecular formula is C26H39N5O3. The number of rotatable bonds is 10. The van der Waals surface area contributed by atoms with Crippen LogP contribution < -0.4 is 21.2 Å². The molecule has 1 aliphatic heterocycles. The van der Waals surface area contributed by atoms with Crippen LogP contribution >= 0.6 is 0 Å². The van der Waals surface area contributed by atoms with Crippen molar-refractivity contribution < 1.29 is 14.2 Å². The van der Waals surface area contributed by atoms with E-state index in [0.717, 1.165) is 44.5 Å². The molecule has 34 heavy (non-hydrogen) atoms. The lowest BCUT2D eigenvalue weighted by molar-refractivity contribution is 0.0271. The highest BCUT2D eigenvalue weighted by atomic mass is 16.5. The lowest BCUT2D eigenvalue weighted by Gasteiger charge is -2.43. The number of benzene rings is 2. The van der Waals surface area contributed by atoms with Gasteiger partial charge < -0.3 is 20.1 Å². The molecule has 0 aliphatic carbocycles. The normalized spacial score (nSPS) is 17.3. The minimum Gasteiger partial charge on any atom is -0.493 e. The van der Waals surface area contributed by atoms with E-state index in [1.807, 2.05) is 36.4 Å². The van der Waals surface area contributed by atoms with Crippen LogP contribution in [0.1, 0.15) is 36.9 Å². The Morgan fingerprint density at radius 3 is 2.35 bits per heavy atom. The van der Waals surface area contributed by atoms with E-state index in [0.29, 0.717) is 23.9 Å². The number of hydrogen-bond acceptors (Lipinski definition) is 7. The molecule has 186 valence electrons. The number of piperidine rings is 1. The summed E-state index contributed by atoms with van der Waals surface area (Å²) in [5.41, 5.74) is 2.28. The van der Waals surface area contributed by atoms with Gasteiger partial charge in [0, 0.05) is 19.2 Å². The zero-order valence-electron chi connectivity index (χ0n) is 20.9. The summed E-state index contributed by atoms with van der Waals surface area (Å²) in [5, 5.41) is 5.88.